The number of sulfone groups is 1. The summed E-state index contributed by atoms with van der Waals surface area (Å²) in [6.45, 7) is 0.890. The van der Waals surface area contributed by atoms with Crippen LogP contribution in [0.1, 0.15) is 15.9 Å². The number of carbonyl (C=O) groups is 1. The fraction of sp³-hybridized carbons (Fsp3) is 0.136. The third-order valence-electron chi connectivity index (χ3n) is 4.82. The van der Waals surface area contributed by atoms with Gasteiger partial charge >= 0.3 is 0 Å². The van der Waals surface area contributed by atoms with Crippen LogP contribution in [0.2, 0.25) is 0 Å². The molecule has 1 aliphatic heterocycles. The number of anilines is 2. The number of amides is 1. The smallest absolute Gasteiger partial charge is 0.256 e. The van der Waals surface area contributed by atoms with Crippen LogP contribution in [0.5, 0.6) is 0 Å². The fourth-order valence-electron chi connectivity index (χ4n) is 3.39. The van der Waals surface area contributed by atoms with Gasteiger partial charge in [0, 0.05) is 29.7 Å². The maximum atomic E-state index is 13.1. The van der Waals surface area contributed by atoms with Gasteiger partial charge in [0.25, 0.3) is 5.91 Å². The van der Waals surface area contributed by atoms with E-state index in [0.29, 0.717) is 16.8 Å². The number of rotatable bonds is 4. The van der Waals surface area contributed by atoms with Crippen LogP contribution < -0.4 is 10.6 Å². The first-order valence-corrected chi connectivity index (χ1v) is 10.9. The Kier molecular flexibility index (Phi) is 4.65. The van der Waals surface area contributed by atoms with Crippen LogP contribution in [0.4, 0.5) is 11.4 Å². The monoisotopic (exact) mass is 392 g/mol. The molecule has 1 amide bonds. The molecule has 0 fully saturated rings. The Labute approximate surface area is 164 Å². The van der Waals surface area contributed by atoms with Crippen LogP contribution in [-0.2, 0) is 16.3 Å². The fourth-order valence-corrected chi connectivity index (χ4v) is 4.04. The van der Waals surface area contributed by atoms with Gasteiger partial charge < -0.3 is 10.6 Å². The summed E-state index contributed by atoms with van der Waals surface area (Å²) in [4.78, 5) is 13.2. The van der Waals surface area contributed by atoms with E-state index in [9.17, 15) is 13.2 Å². The van der Waals surface area contributed by atoms with E-state index >= 15 is 0 Å². The molecule has 0 aliphatic carbocycles. The normalized spacial score (nSPS) is 12.9. The van der Waals surface area contributed by atoms with Crippen LogP contribution in [0.25, 0.3) is 11.1 Å². The Morgan fingerprint density at radius 2 is 1.79 bits per heavy atom. The van der Waals surface area contributed by atoms with Crippen LogP contribution in [0, 0.1) is 0 Å². The number of benzene rings is 3. The molecular weight excluding hydrogens is 372 g/mol. The van der Waals surface area contributed by atoms with Crippen LogP contribution in [0.3, 0.4) is 0 Å². The van der Waals surface area contributed by atoms with Gasteiger partial charge in [-0.25, -0.2) is 8.42 Å². The quantitative estimate of drug-likeness (QED) is 0.704. The average Bonchev–Trinajstić information content (AvgIpc) is 3.15. The molecule has 5 nitrogen and oxygen atoms in total. The summed E-state index contributed by atoms with van der Waals surface area (Å²) in [5, 5.41) is 6.20. The Balaban J connectivity index is 1.74. The van der Waals surface area contributed by atoms with Crippen molar-refractivity contribution in [1.82, 2.24) is 0 Å². The second-order valence-electron chi connectivity index (χ2n) is 6.85. The lowest BCUT2D eigenvalue weighted by molar-refractivity contribution is 0.102. The second kappa shape index (κ2) is 7.13. The van der Waals surface area contributed by atoms with Crippen LogP contribution in [-0.4, -0.2) is 27.1 Å². The van der Waals surface area contributed by atoms with Crippen molar-refractivity contribution in [3.8, 4) is 11.1 Å². The van der Waals surface area contributed by atoms with Crippen molar-refractivity contribution in [1.29, 1.82) is 0 Å². The van der Waals surface area contributed by atoms with E-state index in [0.717, 1.165) is 36.0 Å². The average molecular weight is 392 g/mol. The highest BCUT2D eigenvalue weighted by molar-refractivity contribution is 7.90. The summed E-state index contributed by atoms with van der Waals surface area (Å²) in [6, 6.07) is 19.9. The highest BCUT2D eigenvalue weighted by Crippen LogP contribution is 2.29. The van der Waals surface area contributed by atoms with Gasteiger partial charge in [0.1, 0.15) is 0 Å². The molecule has 142 valence electrons. The molecule has 0 bridgehead atoms. The van der Waals surface area contributed by atoms with E-state index < -0.39 is 9.84 Å². The van der Waals surface area contributed by atoms with Gasteiger partial charge in [-0.3, -0.25) is 4.79 Å². The maximum Gasteiger partial charge on any atom is 0.256 e. The zero-order chi connectivity index (χ0) is 19.7. The van der Waals surface area contributed by atoms with E-state index in [-0.39, 0.29) is 10.8 Å². The van der Waals surface area contributed by atoms with Crippen molar-refractivity contribution in [2.24, 2.45) is 0 Å². The van der Waals surface area contributed by atoms with Gasteiger partial charge in [-0.2, -0.15) is 0 Å². The van der Waals surface area contributed by atoms with Crippen molar-refractivity contribution < 1.29 is 13.2 Å². The predicted molar refractivity (Wildman–Crippen MR) is 112 cm³/mol. The maximum absolute atomic E-state index is 13.1. The summed E-state index contributed by atoms with van der Waals surface area (Å²) in [5.41, 5.74) is 4.80. The number of hydrogen-bond acceptors (Lipinski definition) is 4. The summed E-state index contributed by atoms with van der Waals surface area (Å²) < 4.78 is 24.0. The molecule has 4 rings (SSSR count). The molecule has 0 radical (unpaired) electrons. The van der Waals surface area contributed by atoms with Crippen molar-refractivity contribution >= 4 is 27.1 Å². The van der Waals surface area contributed by atoms with Gasteiger partial charge in [0.05, 0.1) is 4.90 Å². The zero-order valence-electron chi connectivity index (χ0n) is 15.4. The standard InChI is InChI=1S/C22H20N2O3S/c1-28(26,27)18-8-9-19(15-5-3-2-4-6-15)20(14-18)22(25)24-17-7-10-21-16(13-17)11-12-23-21/h2-10,13-14,23H,11-12H2,1H3,(H,24,25). The van der Waals surface area contributed by atoms with E-state index in [1.807, 2.05) is 48.5 Å². The molecule has 28 heavy (non-hydrogen) atoms. The predicted octanol–water partition coefficient (Wildman–Crippen LogP) is 3.98. The second-order valence-corrected chi connectivity index (χ2v) is 8.86. The number of nitrogens with one attached hydrogen (secondary N) is 2. The van der Waals surface area contributed by atoms with Gasteiger partial charge in [0.15, 0.2) is 9.84 Å². The Hall–Kier alpha value is -3.12. The minimum absolute atomic E-state index is 0.121. The minimum atomic E-state index is -3.43. The van der Waals surface area contributed by atoms with Gasteiger partial charge in [-0.05, 0) is 53.4 Å². The number of fused-ring (bicyclic) bond motifs is 1. The third-order valence-corrected chi connectivity index (χ3v) is 5.93. The Bertz CT molecular complexity index is 1160. The van der Waals surface area contributed by atoms with Crippen molar-refractivity contribution in [3.05, 3.63) is 77.9 Å². The van der Waals surface area contributed by atoms with Crippen molar-refractivity contribution in [2.45, 2.75) is 11.3 Å². The molecule has 2 N–H and O–H groups in total. The van der Waals surface area contributed by atoms with E-state index in [4.69, 9.17) is 0 Å². The first kappa shape index (κ1) is 18.3. The van der Waals surface area contributed by atoms with E-state index in [1.165, 1.54) is 12.1 Å². The third kappa shape index (κ3) is 3.64. The zero-order valence-corrected chi connectivity index (χ0v) is 16.2. The molecule has 1 heterocycles. The summed E-state index contributed by atoms with van der Waals surface area (Å²) in [7, 11) is -3.43. The lowest BCUT2D eigenvalue weighted by Crippen LogP contribution is -2.14. The molecule has 0 unspecified atom stereocenters. The summed E-state index contributed by atoms with van der Waals surface area (Å²) in [6.07, 6.45) is 2.05. The first-order valence-electron chi connectivity index (χ1n) is 8.99. The highest BCUT2D eigenvalue weighted by atomic mass is 32.2. The topological polar surface area (TPSA) is 75.3 Å². The lowest BCUT2D eigenvalue weighted by atomic mass is 9.99. The van der Waals surface area contributed by atoms with Crippen molar-refractivity contribution in [3.63, 3.8) is 0 Å². The molecule has 3 aromatic rings. The molecule has 3 aromatic carbocycles. The molecule has 0 saturated heterocycles. The van der Waals surface area contributed by atoms with Crippen LogP contribution in [0.15, 0.2) is 71.6 Å². The van der Waals surface area contributed by atoms with Gasteiger partial charge in [0.2, 0.25) is 0 Å². The molecule has 0 atom stereocenters. The molecule has 6 heteroatoms. The Morgan fingerprint density at radius 3 is 2.54 bits per heavy atom. The van der Waals surface area contributed by atoms with E-state index in [1.54, 1.807) is 6.07 Å². The summed E-state index contributed by atoms with van der Waals surface area (Å²) >= 11 is 0. The molecule has 0 saturated carbocycles. The van der Waals surface area contributed by atoms with Gasteiger partial charge in [-0.15, -0.1) is 0 Å². The SMILES string of the molecule is CS(=O)(=O)c1ccc(-c2ccccc2)c(C(=O)Nc2ccc3c(c2)CCN3)c1. The largest absolute Gasteiger partial charge is 0.384 e. The minimum Gasteiger partial charge on any atom is -0.384 e. The lowest BCUT2D eigenvalue weighted by Gasteiger charge is -2.13. The summed E-state index contributed by atoms with van der Waals surface area (Å²) in [5.74, 6) is -0.338. The molecule has 0 aromatic heterocycles. The Morgan fingerprint density at radius 1 is 1.00 bits per heavy atom. The number of carbonyl (C=O) groups excluding carboxylic acids is 1. The molecule has 0 spiro atoms. The van der Waals surface area contributed by atoms with E-state index in [2.05, 4.69) is 10.6 Å². The highest BCUT2D eigenvalue weighted by Gasteiger charge is 2.18. The van der Waals surface area contributed by atoms with Gasteiger partial charge in [-0.1, -0.05) is 36.4 Å². The van der Waals surface area contributed by atoms with Crippen molar-refractivity contribution in [2.75, 3.05) is 23.4 Å². The molecular formula is C22H20N2O3S. The first-order chi connectivity index (χ1) is 13.4. The van der Waals surface area contributed by atoms with Crippen LogP contribution >= 0.6 is 0 Å². The molecule has 1 aliphatic rings. The number of hydrogen-bond donors (Lipinski definition) is 2.